The second-order valence-electron chi connectivity index (χ2n) is 7.58. The first-order valence-corrected chi connectivity index (χ1v) is 10.2. The molecule has 7 heteroatoms. The van der Waals surface area contributed by atoms with Crippen molar-refractivity contribution in [3.05, 3.63) is 59.1 Å². The summed E-state index contributed by atoms with van der Waals surface area (Å²) in [6.45, 7) is 4.50. The molecule has 1 amide bonds. The van der Waals surface area contributed by atoms with Gasteiger partial charge in [-0.3, -0.25) is 14.4 Å². The van der Waals surface area contributed by atoms with Gasteiger partial charge < -0.3 is 9.73 Å². The highest BCUT2D eigenvalue weighted by atomic mass is 35.5. The molecule has 2 aromatic heterocycles. The molecule has 0 atom stereocenters. The SMILES string of the molecule is Cc1nn(C)c(Cl)c1CN1CCC(C(=O)Nc2cccc(-c3ccco3)c2)CC1. The van der Waals surface area contributed by atoms with Gasteiger partial charge in [0, 0.05) is 36.3 Å². The molecule has 0 spiro atoms. The van der Waals surface area contributed by atoms with Crippen molar-refractivity contribution in [3.63, 3.8) is 0 Å². The van der Waals surface area contributed by atoms with E-state index in [1.807, 2.05) is 50.4 Å². The second kappa shape index (κ2) is 8.43. The number of carbonyl (C=O) groups is 1. The van der Waals surface area contributed by atoms with Gasteiger partial charge in [0.2, 0.25) is 5.91 Å². The molecule has 0 aliphatic carbocycles. The van der Waals surface area contributed by atoms with Crippen LogP contribution in [0.3, 0.4) is 0 Å². The quantitative estimate of drug-likeness (QED) is 0.670. The van der Waals surface area contributed by atoms with Gasteiger partial charge in [-0.25, -0.2) is 0 Å². The van der Waals surface area contributed by atoms with Gasteiger partial charge in [-0.1, -0.05) is 23.7 Å². The molecule has 4 rings (SSSR count). The summed E-state index contributed by atoms with van der Waals surface area (Å²) in [5.41, 5.74) is 3.79. The fourth-order valence-corrected chi connectivity index (χ4v) is 4.10. The summed E-state index contributed by atoms with van der Waals surface area (Å²) >= 11 is 6.36. The van der Waals surface area contributed by atoms with Crippen molar-refractivity contribution in [1.29, 1.82) is 0 Å². The van der Waals surface area contributed by atoms with Crippen LogP contribution in [-0.4, -0.2) is 33.7 Å². The van der Waals surface area contributed by atoms with Crippen molar-refractivity contribution in [2.24, 2.45) is 13.0 Å². The molecule has 0 bridgehead atoms. The Hall–Kier alpha value is -2.57. The average molecular weight is 413 g/mol. The van der Waals surface area contributed by atoms with Crippen LogP contribution in [0.2, 0.25) is 5.15 Å². The third-order valence-electron chi connectivity index (χ3n) is 5.55. The monoisotopic (exact) mass is 412 g/mol. The average Bonchev–Trinajstić information content (AvgIpc) is 3.34. The van der Waals surface area contributed by atoms with Crippen molar-refractivity contribution in [3.8, 4) is 11.3 Å². The van der Waals surface area contributed by atoms with Crippen molar-refractivity contribution in [2.75, 3.05) is 18.4 Å². The molecule has 1 saturated heterocycles. The van der Waals surface area contributed by atoms with E-state index >= 15 is 0 Å². The van der Waals surface area contributed by atoms with E-state index in [2.05, 4.69) is 15.3 Å². The lowest BCUT2D eigenvalue weighted by atomic mass is 9.95. The molecular formula is C22H25ClN4O2. The molecule has 152 valence electrons. The third kappa shape index (κ3) is 4.38. The van der Waals surface area contributed by atoms with Gasteiger partial charge in [0.05, 0.1) is 12.0 Å². The number of hydrogen-bond donors (Lipinski definition) is 1. The summed E-state index contributed by atoms with van der Waals surface area (Å²) in [7, 11) is 1.86. The molecule has 3 heterocycles. The molecule has 1 fully saturated rings. The second-order valence-corrected chi connectivity index (χ2v) is 7.93. The number of nitrogens with one attached hydrogen (secondary N) is 1. The zero-order chi connectivity index (χ0) is 20.4. The highest BCUT2D eigenvalue weighted by Crippen LogP contribution is 2.26. The Balaban J connectivity index is 1.33. The first-order valence-electron chi connectivity index (χ1n) is 9.86. The Morgan fingerprint density at radius 1 is 1.28 bits per heavy atom. The maximum absolute atomic E-state index is 12.8. The smallest absolute Gasteiger partial charge is 0.227 e. The normalized spacial score (nSPS) is 15.6. The molecule has 0 unspecified atom stereocenters. The van der Waals surface area contributed by atoms with E-state index in [1.54, 1.807) is 10.9 Å². The predicted molar refractivity (Wildman–Crippen MR) is 114 cm³/mol. The van der Waals surface area contributed by atoms with Crippen LogP contribution in [0.4, 0.5) is 5.69 Å². The Morgan fingerprint density at radius 2 is 2.07 bits per heavy atom. The number of aryl methyl sites for hydroxylation is 2. The van der Waals surface area contributed by atoms with Crippen molar-refractivity contribution in [1.82, 2.24) is 14.7 Å². The van der Waals surface area contributed by atoms with Gasteiger partial charge in [-0.15, -0.1) is 0 Å². The van der Waals surface area contributed by atoms with E-state index < -0.39 is 0 Å². The van der Waals surface area contributed by atoms with Crippen LogP contribution in [0.5, 0.6) is 0 Å². The van der Waals surface area contributed by atoms with Crippen molar-refractivity contribution < 1.29 is 9.21 Å². The topological polar surface area (TPSA) is 63.3 Å². The van der Waals surface area contributed by atoms with Crippen LogP contribution in [-0.2, 0) is 18.4 Å². The maximum atomic E-state index is 12.8. The fraction of sp³-hybridized carbons (Fsp3) is 0.364. The summed E-state index contributed by atoms with van der Waals surface area (Å²) in [5, 5.41) is 8.14. The van der Waals surface area contributed by atoms with Gasteiger partial charge in [0.25, 0.3) is 0 Å². The number of piperidine rings is 1. The molecule has 6 nitrogen and oxygen atoms in total. The standard InChI is InChI=1S/C22H25ClN4O2/c1-15-19(21(23)26(2)25-15)14-27-10-8-16(9-11-27)22(28)24-18-6-3-5-17(13-18)20-7-4-12-29-20/h3-7,12-13,16H,8-11,14H2,1-2H3,(H,24,28). The van der Waals surface area contributed by atoms with Crippen molar-refractivity contribution in [2.45, 2.75) is 26.3 Å². The number of hydrogen-bond acceptors (Lipinski definition) is 4. The lowest BCUT2D eigenvalue weighted by Crippen LogP contribution is -2.37. The zero-order valence-corrected chi connectivity index (χ0v) is 17.4. The highest BCUT2D eigenvalue weighted by molar-refractivity contribution is 6.30. The van der Waals surface area contributed by atoms with Crippen LogP contribution in [0, 0.1) is 12.8 Å². The van der Waals surface area contributed by atoms with E-state index in [4.69, 9.17) is 16.0 Å². The number of furan rings is 1. The number of halogens is 1. The van der Waals surface area contributed by atoms with Crippen LogP contribution in [0.1, 0.15) is 24.1 Å². The Bertz CT molecular complexity index is 988. The number of carbonyl (C=O) groups excluding carboxylic acids is 1. The molecule has 0 radical (unpaired) electrons. The lowest BCUT2D eigenvalue weighted by Gasteiger charge is -2.31. The number of rotatable bonds is 5. The minimum Gasteiger partial charge on any atom is -0.464 e. The van der Waals surface area contributed by atoms with Gasteiger partial charge in [-0.05, 0) is 57.1 Å². The number of likely N-dealkylation sites (tertiary alicyclic amines) is 1. The van der Waals surface area contributed by atoms with Gasteiger partial charge in [-0.2, -0.15) is 5.10 Å². The van der Waals surface area contributed by atoms with E-state index in [1.165, 1.54) is 0 Å². The number of amides is 1. The summed E-state index contributed by atoms with van der Waals surface area (Å²) < 4.78 is 7.15. The molecule has 1 N–H and O–H groups in total. The third-order valence-corrected chi connectivity index (χ3v) is 6.02. The zero-order valence-electron chi connectivity index (χ0n) is 16.7. The van der Waals surface area contributed by atoms with Gasteiger partial charge in [0.1, 0.15) is 10.9 Å². The molecule has 3 aromatic rings. The largest absolute Gasteiger partial charge is 0.464 e. The summed E-state index contributed by atoms with van der Waals surface area (Å²) in [6, 6.07) is 11.5. The number of benzene rings is 1. The molecule has 0 saturated carbocycles. The van der Waals surface area contributed by atoms with E-state index in [-0.39, 0.29) is 11.8 Å². The van der Waals surface area contributed by atoms with Crippen LogP contribution in [0.25, 0.3) is 11.3 Å². The number of nitrogens with zero attached hydrogens (tertiary/aromatic N) is 3. The minimum absolute atomic E-state index is 0.0176. The van der Waals surface area contributed by atoms with E-state index in [0.29, 0.717) is 5.15 Å². The summed E-state index contributed by atoms with van der Waals surface area (Å²) in [5.74, 6) is 0.889. The lowest BCUT2D eigenvalue weighted by molar-refractivity contribution is -0.121. The first-order chi connectivity index (χ1) is 14.0. The first kappa shape index (κ1) is 19.7. The minimum atomic E-state index is 0.0176. The Morgan fingerprint density at radius 3 is 2.72 bits per heavy atom. The predicted octanol–water partition coefficient (Wildman–Crippen LogP) is 4.49. The number of anilines is 1. The molecule has 1 aliphatic heterocycles. The molecular weight excluding hydrogens is 388 g/mol. The molecule has 1 aliphatic rings. The Labute approximate surface area is 175 Å². The van der Waals surface area contributed by atoms with E-state index in [0.717, 1.165) is 60.7 Å². The van der Waals surface area contributed by atoms with Crippen LogP contribution >= 0.6 is 11.6 Å². The number of aromatic nitrogens is 2. The van der Waals surface area contributed by atoms with E-state index in [9.17, 15) is 4.79 Å². The van der Waals surface area contributed by atoms with Crippen LogP contribution in [0.15, 0.2) is 47.1 Å². The molecule has 1 aromatic carbocycles. The van der Waals surface area contributed by atoms with Crippen LogP contribution < -0.4 is 5.32 Å². The fourth-order valence-electron chi connectivity index (χ4n) is 3.87. The highest BCUT2D eigenvalue weighted by Gasteiger charge is 2.26. The summed E-state index contributed by atoms with van der Waals surface area (Å²) in [4.78, 5) is 15.1. The van der Waals surface area contributed by atoms with Gasteiger partial charge in [0.15, 0.2) is 0 Å². The summed E-state index contributed by atoms with van der Waals surface area (Å²) in [6.07, 6.45) is 3.32. The Kier molecular flexibility index (Phi) is 5.74. The van der Waals surface area contributed by atoms with Gasteiger partial charge >= 0.3 is 0 Å². The van der Waals surface area contributed by atoms with Crippen molar-refractivity contribution >= 4 is 23.2 Å². The molecule has 29 heavy (non-hydrogen) atoms. The maximum Gasteiger partial charge on any atom is 0.227 e.